The van der Waals surface area contributed by atoms with Crippen molar-refractivity contribution < 1.29 is 21.6 Å². The molecule has 12 heteroatoms. The molecular weight excluding hydrogens is 447 g/mol. The number of pyridine rings is 1. The quantitative estimate of drug-likeness (QED) is 0.482. The van der Waals surface area contributed by atoms with Gasteiger partial charge in [0.25, 0.3) is 10.0 Å². The lowest BCUT2D eigenvalue weighted by atomic mass is 10.2. The summed E-state index contributed by atoms with van der Waals surface area (Å²) in [4.78, 5) is 19.5. The Kier molecular flexibility index (Phi) is 5.09. The molecule has 0 saturated carbocycles. The Morgan fingerprint density at radius 3 is 2.41 bits per heavy atom. The number of nitrogens with two attached hydrogens (primary N) is 1. The third kappa shape index (κ3) is 3.99. The zero-order valence-corrected chi connectivity index (χ0v) is 16.9. The van der Waals surface area contributed by atoms with E-state index in [4.69, 9.17) is 5.73 Å². The highest BCUT2D eigenvalue weighted by atomic mass is 32.2. The van der Waals surface area contributed by atoms with Crippen LogP contribution < -0.4 is 15.9 Å². The highest BCUT2D eigenvalue weighted by Gasteiger charge is 2.31. The maximum atomic E-state index is 12.9. The average Bonchev–Trinajstić information content (AvgIpc) is 2.74. The molecule has 4 aromatic rings. The van der Waals surface area contributed by atoms with E-state index in [1.165, 1.54) is 30.7 Å². The SMILES string of the molecule is Nc1ncnc2c1c(=O)ccn2-c1ccc(NS(=O)(=O)c2cccc(C(F)(F)F)c2)cc1. The molecule has 0 aliphatic rings. The lowest BCUT2D eigenvalue weighted by molar-refractivity contribution is -0.137. The number of fused-ring (bicyclic) bond motifs is 1. The summed E-state index contributed by atoms with van der Waals surface area (Å²) in [5, 5.41) is 0.143. The van der Waals surface area contributed by atoms with Gasteiger partial charge in [-0.15, -0.1) is 0 Å². The summed E-state index contributed by atoms with van der Waals surface area (Å²) >= 11 is 0. The zero-order valence-electron chi connectivity index (χ0n) is 16.0. The predicted octanol–water partition coefficient (Wildman–Crippen LogP) is 3.18. The highest BCUT2D eigenvalue weighted by Crippen LogP contribution is 2.31. The van der Waals surface area contributed by atoms with Crippen molar-refractivity contribution in [1.82, 2.24) is 14.5 Å². The minimum Gasteiger partial charge on any atom is -0.383 e. The van der Waals surface area contributed by atoms with Crippen molar-refractivity contribution in [2.45, 2.75) is 11.1 Å². The number of nitrogen functional groups attached to an aromatic ring is 1. The van der Waals surface area contributed by atoms with Crippen molar-refractivity contribution in [2.24, 2.45) is 0 Å². The van der Waals surface area contributed by atoms with Crippen molar-refractivity contribution in [3.05, 3.63) is 82.9 Å². The molecule has 0 aliphatic heterocycles. The van der Waals surface area contributed by atoms with Crippen LogP contribution >= 0.6 is 0 Å². The number of nitrogens with one attached hydrogen (secondary N) is 1. The first-order chi connectivity index (χ1) is 15.1. The van der Waals surface area contributed by atoms with Crippen molar-refractivity contribution in [2.75, 3.05) is 10.5 Å². The molecule has 0 amide bonds. The molecule has 164 valence electrons. The van der Waals surface area contributed by atoms with Crippen LogP contribution in [0, 0.1) is 0 Å². The van der Waals surface area contributed by atoms with E-state index in [-0.39, 0.29) is 28.0 Å². The van der Waals surface area contributed by atoms with Gasteiger partial charge in [0.2, 0.25) is 0 Å². The molecule has 2 aromatic carbocycles. The molecular formula is C20H14F3N5O3S. The molecule has 0 fully saturated rings. The van der Waals surface area contributed by atoms with Crippen LogP contribution in [-0.4, -0.2) is 23.0 Å². The molecule has 0 radical (unpaired) electrons. The van der Waals surface area contributed by atoms with E-state index in [0.717, 1.165) is 18.2 Å². The Morgan fingerprint density at radius 1 is 1.00 bits per heavy atom. The number of anilines is 2. The van der Waals surface area contributed by atoms with Crippen LogP contribution in [0.2, 0.25) is 0 Å². The Labute approximate surface area is 179 Å². The van der Waals surface area contributed by atoms with Crippen LogP contribution in [0.3, 0.4) is 0 Å². The number of aromatic nitrogens is 3. The minimum absolute atomic E-state index is 0.0276. The number of nitrogens with zero attached hydrogens (tertiary/aromatic N) is 3. The molecule has 2 heterocycles. The van der Waals surface area contributed by atoms with Crippen LogP contribution in [0.25, 0.3) is 16.7 Å². The lowest BCUT2D eigenvalue weighted by Crippen LogP contribution is -2.15. The summed E-state index contributed by atoms with van der Waals surface area (Å²) in [6.45, 7) is 0. The van der Waals surface area contributed by atoms with Gasteiger partial charge in [0.05, 0.1) is 10.5 Å². The van der Waals surface area contributed by atoms with Crippen LogP contribution in [0.4, 0.5) is 24.7 Å². The number of halogens is 3. The molecule has 0 unspecified atom stereocenters. The summed E-state index contributed by atoms with van der Waals surface area (Å²) in [6, 6.07) is 10.7. The highest BCUT2D eigenvalue weighted by molar-refractivity contribution is 7.92. The van der Waals surface area contributed by atoms with Gasteiger partial charge >= 0.3 is 6.18 Å². The Balaban J connectivity index is 1.66. The molecule has 0 atom stereocenters. The van der Waals surface area contributed by atoms with Gasteiger partial charge in [0.1, 0.15) is 17.5 Å². The molecule has 4 rings (SSSR count). The summed E-state index contributed by atoms with van der Waals surface area (Å²) in [6.07, 6.45) is -1.97. The van der Waals surface area contributed by atoms with Crippen molar-refractivity contribution in [3.8, 4) is 5.69 Å². The fraction of sp³-hybridized carbons (Fsp3) is 0.0500. The van der Waals surface area contributed by atoms with Crippen molar-refractivity contribution >= 4 is 32.6 Å². The van der Waals surface area contributed by atoms with Crippen LogP contribution in [0.15, 0.2) is 76.8 Å². The molecule has 0 bridgehead atoms. The second-order valence-electron chi connectivity index (χ2n) is 6.69. The normalized spacial score (nSPS) is 12.1. The molecule has 3 N–H and O–H groups in total. The molecule has 0 spiro atoms. The minimum atomic E-state index is -4.67. The molecule has 0 saturated heterocycles. The van der Waals surface area contributed by atoms with Crippen LogP contribution in [0.1, 0.15) is 5.56 Å². The van der Waals surface area contributed by atoms with Gasteiger partial charge < -0.3 is 10.3 Å². The third-order valence-electron chi connectivity index (χ3n) is 4.58. The maximum Gasteiger partial charge on any atom is 0.416 e. The second-order valence-corrected chi connectivity index (χ2v) is 8.37. The molecule has 8 nitrogen and oxygen atoms in total. The third-order valence-corrected chi connectivity index (χ3v) is 5.95. The number of sulfonamides is 1. The first-order valence-electron chi connectivity index (χ1n) is 8.99. The molecule has 2 aromatic heterocycles. The van der Waals surface area contributed by atoms with Gasteiger partial charge in [0.15, 0.2) is 11.1 Å². The van der Waals surface area contributed by atoms with E-state index < -0.39 is 26.7 Å². The lowest BCUT2D eigenvalue weighted by Gasteiger charge is -2.13. The average molecular weight is 461 g/mol. The largest absolute Gasteiger partial charge is 0.416 e. The summed E-state index contributed by atoms with van der Waals surface area (Å²) in [7, 11) is -4.25. The van der Waals surface area contributed by atoms with Crippen LogP contribution in [-0.2, 0) is 16.2 Å². The second kappa shape index (κ2) is 7.64. The number of rotatable bonds is 4. The summed E-state index contributed by atoms with van der Waals surface area (Å²) < 4.78 is 67.6. The number of benzene rings is 2. The van der Waals surface area contributed by atoms with Gasteiger partial charge in [-0.3, -0.25) is 9.52 Å². The Hall–Kier alpha value is -3.93. The van der Waals surface area contributed by atoms with E-state index in [1.807, 2.05) is 0 Å². The van der Waals surface area contributed by atoms with Gasteiger partial charge in [0, 0.05) is 23.6 Å². The Bertz CT molecular complexity index is 1480. The fourth-order valence-corrected chi connectivity index (χ4v) is 4.16. The number of hydrogen-bond acceptors (Lipinski definition) is 6. The van der Waals surface area contributed by atoms with Gasteiger partial charge in [-0.25, -0.2) is 18.4 Å². The Morgan fingerprint density at radius 2 is 1.72 bits per heavy atom. The van der Waals surface area contributed by atoms with E-state index in [9.17, 15) is 26.4 Å². The fourth-order valence-electron chi connectivity index (χ4n) is 3.06. The van der Waals surface area contributed by atoms with E-state index in [0.29, 0.717) is 11.8 Å². The smallest absolute Gasteiger partial charge is 0.383 e. The first-order valence-corrected chi connectivity index (χ1v) is 10.5. The van der Waals surface area contributed by atoms with Crippen molar-refractivity contribution in [1.29, 1.82) is 0 Å². The standard InChI is InChI=1S/C20H14F3N5O3S/c21-20(22,23)12-2-1-3-15(10-12)32(30,31)27-13-4-6-14(7-5-13)28-9-8-16(29)17-18(24)25-11-26-19(17)28/h1-11,27H,(H2,24,25,26). The van der Waals surface area contributed by atoms with E-state index >= 15 is 0 Å². The topological polar surface area (TPSA) is 120 Å². The summed E-state index contributed by atoms with van der Waals surface area (Å²) in [5.41, 5.74) is 5.30. The van der Waals surface area contributed by atoms with Crippen molar-refractivity contribution in [3.63, 3.8) is 0 Å². The van der Waals surface area contributed by atoms with E-state index in [2.05, 4.69) is 14.7 Å². The molecule has 0 aliphatic carbocycles. The van der Waals surface area contributed by atoms with E-state index in [1.54, 1.807) is 16.7 Å². The van der Waals surface area contributed by atoms with Gasteiger partial charge in [-0.2, -0.15) is 13.2 Å². The van der Waals surface area contributed by atoms with Crippen LogP contribution in [0.5, 0.6) is 0 Å². The predicted molar refractivity (Wildman–Crippen MR) is 112 cm³/mol. The number of hydrogen-bond donors (Lipinski definition) is 2. The zero-order chi connectivity index (χ0) is 23.1. The van der Waals surface area contributed by atoms with Gasteiger partial charge in [-0.1, -0.05) is 6.07 Å². The number of alkyl halides is 3. The maximum absolute atomic E-state index is 12.9. The summed E-state index contributed by atoms with van der Waals surface area (Å²) in [5.74, 6) is 0.0276. The van der Waals surface area contributed by atoms with Gasteiger partial charge in [-0.05, 0) is 42.5 Å². The molecule has 32 heavy (non-hydrogen) atoms. The first kappa shape index (κ1) is 21.3. The monoisotopic (exact) mass is 461 g/mol.